The highest BCUT2D eigenvalue weighted by molar-refractivity contribution is 7.89. The summed E-state index contributed by atoms with van der Waals surface area (Å²) in [6, 6.07) is 0.770. The first-order chi connectivity index (χ1) is 12.8. The Balaban J connectivity index is 1.78. The van der Waals surface area contributed by atoms with Crippen LogP contribution < -0.4 is 5.32 Å². The van der Waals surface area contributed by atoms with E-state index >= 15 is 0 Å². The fourth-order valence-corrected chi connectivity index (χ4v) is 5.59. The van der Waals surface area contributed by atoms with Gasteiger partial charge < -0.3 is 14.8 Å². The zero-order chi connectivity index (χ0) is 19.6. The fraction of sp³-hybridized carbons (Fsp3) is 0.667. The molecule has 0 unspecified atom stereocenters. The Bertz CT molecular complexity index is 810. The summed E-state index contributed by atoms with van der Waals surface area (Å²) in [5, 5.41) is 12.2. The van der Waals surface area contributed by atoms with Crippen molar-refractivity contribution >= 4 is 21.9 Å². The molecule has 1 amide bonds. The molecule has 2 heterocycles. The highest BCUT2D eigenvalue weighted by atomic mass is 32.2. The van der Waals surface area contributed by atoms with E-state index in [9.17, 15) is 23.1 Å². The number of amides is 1. The maximum absolute atomic E-state index is 12.7. The quantitative estimate of drug-likeness (QED) is 0.734. The second kappa shape index (κ2) is 8.02. The van der Waals surface area contributed by atoms with Gasteiger partial charge in [-0.2, -0.15) is 4.31 Å². The Morgan fingerprint density at radius 3 is 2.48 bits per heavy atom. The zero-order valence-corrected chi connectivity index (χ0v) is 16.3. The molecule has 2 atom stereocenters. The number of carbonyl (C=O) groups is 2. The summed E-state index contributed by atoms with van der Waals surface area (Å²) >= 11 is 0. The molecule has 2 aliphatic rings. The number of hydrogen-bond acceptors (Lipinski definition) is 5. The summed E-state index contributed by atoms with van der Waals surface area (Å²) in [5.74, 6) is -2.06. The van der Waals surface area contributed by atoms with Crippen molar-refractivity contribution < 1.29 is 27.5 Å². The molecular weight excluding hydrogens is 372 g/mol. The molecule has 8 nitrogen and oxygen atoms in total. The Morgan fingerprint density at radius 1 is 1.15 bits per heavy atom. The van der Waals surface area contributed by atoms with E-state index in [1.807, 2.05) is 0 Å². The number of furan rings is 1. The second-order valence-electron chi connectivity index (χ2n) is 7.30. The molecule has 2 fully saturated rings. The topological polar surface area (TPSA) is 117 Å². The minimum Gasteiger partial charge on any atom is -0.481 e. The predicted octanol–water partition coefficient (Wildman–Crippen LogP) is 2.14. The van der Waals surface area contributed by atoms with Crippen molar-refractivity contribution in [3.63, 3.8) is 0 Å². The molecule has 3 rings (SSSR count). The number of aryl methyl sites for hydroxylation is 1. The molecule has 150 valence electrons. The first kappa shape index (κ1) is 19.9. The van der Waals surface area contributed by atoms with Gasteiger partial charge in [0.25, 0.3) is 5.91 Å². The van der Waals surface area contributed by atoms with E-state index in [-0.39, 0.29) is 16.4 Å². The normalized spacial score (nSPS) is 24.5. The lowest BCUT2D eigenvalue weighted by atomic mass is 9.95. The van der Waals surface area contributed by atoms with E-state index < -0.39 is 33.9 Å². The summed E-state index contributed by atoms with van der Waals surface area (Å²) in [6.45, 7) is 2.46. The largest absolute Gasteiger partial charge is 0.481 e. The maximum atomic E-state index is 12.7. The molecule has 0 spiro atoms. The van der Waals surface area contributed by atoms with Gasteiger partial charge in [0.05, 0.1) is 5.92 Å². The number of hydrogen-bond donors (Lipinski definition) is 2. The molecule has 1 aliphatic heterocycles. The molecule has 2 N–H and O–H groups in total. The van der Waals surface area contributed by atoms with E-state index in [2.05, 4.69) is 5.32 Å². The van der Waals surface area contributed by atoms with Gasteiger partial charge in [-0.15, -0.1) is 0 Å². The summed E-state index contributed by atoms with van der Waals surface area (Å²) < 4.78 is 32.3. The third kappa shape index (κ3) is 4.19. The monoisotopic (exact) mass is 398 g/mol. The zero-order valence-electron chi connectivity index (χ0n) is 15.4. The van der Waals surface area contributed by atoms with Crippen LogP contribution in [0.15, 0.2) is 15.4 Å². The number of carbonyl (C=O) groups excluding carboxylic acids is 1. The van der Waals surface area contributed by atoms with E-state index in [0.717, 1.165) is 32.1 Å². The van der Waals surface area contributed by atoms with Crippen LogP contribution in [0.3, 0.4) is 0 Å². The lowest BCUT2D eigenvalue weighted by Crippen LogP contribution is -2.42. The second-order valence-corrected chi connectivity index (χ2v) is 9.21. The third-order valence-electron chi connectivity index (χ3n) is 5.43. The molecule has 1 saturated heterocycles. The Hall–Kier alpha value is -1.87. The lowest BCUT2D eigenvalue weighted by Gasteiger charge is -2.22. The van der Waals surface area contributed by atoms with Gasteiger partial charge in [-0.3, -0.25) is 9.59 Å². The lowest BCUT2D eigenvalue weighted by molar-refractivity contribution is -0.142. The Morgan fingerprint density at radius 2 is 1.81 bits per heavy atom. The van der Waals surface area contributed by atoms with Crippen LogP contribution in [0, 0.1) is 12.8 Å². The average molecular weight is 398 g/mol. The van der Waals surface area contributed by atoms with Crippen molar-refractivity contribution in [1.29, 1.82) is 0 Å². The van der Waals surface area contributed by atoms with Crippen LogP contribution in [0.2, 0.25) is 0 Å². The summed E-state index contributed by atoms with van der Waals surface area (Å²) in [7, 11) is -3.68. The molecular formula is C18H26N2O6S. The van der Waals surface area contributed by atoms with Gasteiger partial charge in [-0.1, -0.05) is 19.3 Å². The van der Waals surface area contributed by atoms with Crippen molar-refractivity contribution in [2.24, 2.45) is 5.92 Å². The van der Waals surface area contributed by atoms with Crippen molar-refractivity contribution in [3.05, 3.63) is 17.6 Å². The van der Waals surface area contributed by atoms with Crippen LogP contribution in [-0.4, -0.2) is 48.8 Å². The van der Waals surface area contributed by atoms with Gasteiger partial charge in [0.1, 0.15) is 10.7 Å². The first-order valence-corrected chi connectivity index (χ1v) is 10.9. The van der Waals surface area contributed by atoms with E-state index in [1.165, 1.54) is 17.3 Å². The maximum Gasteiger partial charge on any atom is 0.308 e. The Kier molecular flexibility index (Phi) is 5.90. The number of nitrogens with zero attached hydrogens (tertiary/aromatic N) is 1. The fourth-order valence-electron chi connectivity index (χ4n) is 3.92. The van der Waals surface area contributed by atoms with Crippen LogP contribution >= 0.6 is 0 Å². The highest BCUT2D eigenvalue weighted by Gasteiger charge is 2.34. The minimum atomic E-state index is -3.68. The van der Waals surface area contributed by atoms with Gasteiger partial charge in [0.2, 0.25) is 10.0 Å². The van der Waals surface area contributed by atoms with Crippen LogP contribution in [-0.2, 0) is 14.8 Å². The highest BCUT2D eigenvalue weighted by Crippen LogP contribution is 2.28. The number of carboxylic acids is 1. The van der Waals surface area contributed by atoms with E-state index in [4.69, 9.17) is 4.42 Å². The number of rotatable bonds is 5. The summed E-state index contributed by atoms with van der Waals surface area (Å²) in [4.78, 5) is 24.1. The van der Waals surface area contributed by atoms with Crippen molar-refractivity contribution in [3.8, 4) is 0 Å². The predicted molar refractivity (Wildman–Crippen MR) is 96.9 cm³/mol. The molecule has 1 aliphatic carbocycles. The Labute approximate surface area is 159 Å². The standard InChI is InChI=1S/C18H26N2O6S/c1-12-16(27(24,25)20-9-5-6-10-20)11-15(26-12)17(21)19-14-8-4-2-3-7-13(14)18(22)23/h11,13-14H,2-10H2,1H3,(H,19,21)(H,22,23)/t13-,14+/m1/s1. The molecule has 1 aromatic rings. The van der Waals surface area contributed by atoms with Crippen LogP contribution in [0.1, 0.15) is 61.3 Å². The van der Waals surface area contributed by atoms with E-state index in [1.54, 1.807) is 0 Å². The smallest absolute Gasteiger partial charge is 0.308 e. The molecule has 0 radical (unpaired) electrons. The molecule has 27 heavy (non-hydrogen) atoms. The SMILES string of the molecule is Cc1oc(C(=O)N[C@H]2CCCCC[C@H]2C(=O)O)cc1S(=O)(=O)N1CCCC1. The number of sulfonamides is 1. The number of carboxylic acid groups (broad SMARTS) is 1. The number of nitrogens with one attached hydrogen (secondary N) is 1. The average Bonchev–Trinajstić information content (AvgIpc) is 3.22. The molecule has 9 heteroatoms. The van der Waals surface area contributed by atoms with E-state index in [0.29, 0.717) is 25.9 Å². The molecule has 1 saturated carbocycles. The third-order valence-corrected chi connectivity index (χ3v) is 7.43. The van der Waals surface area contributed by atoms with Crippen LogP contribution in [0.25, 0.3) is 0 Å². The van der Waals surface area contributed by atoms with Gasteiger partial charge in [0.15, 0.2) is 5.76 Å². The molecule has 1 aromatic heterocycles. The minimum absolute atomic E-state index is 0.00482. The summed E-state index contributed by atoms with van der Waals surface area (Å²) in [5.41, 5.74) is 0. The van der Waals surface area contributed by atoms with Gasteiger partial charge in [-0.25, -0.2) is 8.42 Å². The van der Waals surface area contributed by atoms with Crippen molar-refractivity contribution in [2.45, 2.75) is 62.8 Å². The first-order valence-electron chi connectivity index (χ1n) is 9.45. The van der Waals surface area contributed by atoms with Gasteiger partial charge in [-0.05, 0) is 32.6 Å². The summed E-state index contributed by atoms with van der Waals surface area (Å²) in [6.07, 6.45) is 5.35. The van der Waals surface area contributed by atoms with Crippen LogP contribution in [0.5, 0.6) is 0 Å². The number of aliphatic carboxylic acids is 1. The van der Waals surface area contributed by atoms with Crippen molar-refractivity contribution in [2.75, 3.05) is 13.1 Å². The molecule has 0 bridgehead atoms. The van der Waals surface area contributed by atoms with Gasteiger partial charge >= 0.3 is 5.97 Å². The van der Waals surface area contributed by atoms with Crippen molar-refractivity contribution in [1.82, 2.24) is 9.62 Å². The van der Waals surface area contributed by atoms with Gasteiger partial charge in [0, 0.05) is 25.2 Å². The van der Waals surface area contributed by atoms with Crippen LogP contribution in [0.4, 0.5) is 0 Å². The molecule has 0 aromatic carbocycles.